The van der Waals surface area contributed by atoms with Crippen molar-refractivity contribution in [2.24, 2.45) is 12.8 Å². The summed E-state index contributed by atoms with van der Waals surface area (Å²) < 4.78 is 1.85. The highest BCUT2D eigenvalue weighted by molar-refractivity contribution is 5.80. The summed E-state index contributed by atoms with van der Waals surface area (Å²) >= 11 is 0. The molecule has 0 spiro atoms. The molecule has 5 nitrogen and oxygen atoms in total. The van der Waals surface area contributed by atoms with Crippen LogP contribution in [-0.2, 0) is 13.5 Å². The monoisotopic (exact) mass is 189 g/mol. The minimum atomic E-state index is 0.141. The molecule has 0 atom stereocenters. The Kier molecular flexibility index (Phi) is 1.92. The molecule has 3 N–H and O–H groups in total. The topological polar surface area (TPSA) is 80.6 Å². The Labute approximate surface area is 81.1 Å². The number of amidine groups is 1. The lowest BCUT2D eigenvalue weighted by Crippen LogP contribution is -2.12. The van der Waals surface area contributed by atoms with Gasteiger partial charge in [0.25, 0.3) is 0 Å². The number of imidazole rings is 1. The Balaban J connectivity index is 2.46. The van der Waals surface area contributed by atoms with Crippen molar-refractivity contribution in [2.75, 3.05) is 0 Å². The van der Waals surface area contributed by atoms with Crippen molar-refractivity contribution in [3.63, 3.8) is 0 Å². The molecule has 0 aliphatic rings. The van der Waals surface area contributed by atoms with Gasteiger partial charge in [0.2, 0.25) is 0 Å². The van der Waals surface area contributed by atoms with Crippen LogP contribution in [0.2, 0.25) is 0 Å². The zero-order valence-electron chi connectivity index (χ0n) is 7.86. The maximum atomic E-state index is 7.17. The number of aryl methyl sites for hydroxylation is 1. The molecule has 0 radical (unpaired) electrons. The van der Waals surface area contributed by atoms with E-state index in [1.807, 2.05) is 17.7 Å². The van der Waals surface area contributed by atoms with Gasteiger partial charge in [0, 0.05) is 19.7 Å². The van der Waals surface area contributed by atoms with E-state index >= 15 is 0 Å². The largest absolute Gasteiger partial charge is 0.387 e. The third-order valence-corrected chi connectivity index (χ3v) is 2.00. The van der Waals surface area contributed by atoms with E-state index in [1.54, 1.807) is 12.5 Å². The van der Waals surface area contributed by atoms with Crippen LogP contribution < -0.4 is 5.73 Å². The van der Waals surface area contributed by atoms with Gasteiger partial charge in [-0.25, -0.2) is 9.97 Å². The van der Waals surface area contributed by atoms with Crippen LogP contribution >= 0.6 is 0 Å². The van der Waals surface area contributed by atoms with Crippen LogP contribution in [0.5, 0.6) is 0 Å². The van der Waals surface area contributed by atoms with E-state index in [-0.39, 0.29) is 5.84 Å². The molecule has 0 amide bonds. The van der Waals surface area contributed by atoms with Gasteiger partial charge in [-0.2, -0.15) is 0 Å². The molecule has 2 rings (SSSR count). The van der Waals surface area contributed by atoms with Gasteiger partial charge < -0.3 is 10.3 Å². The maximum Gasteiger partial charge on any atom is 0.159 e. The molecule has 72 valence electrons. The summed E-state index contributed by atoms with van der Waals surface area (Å²) in [6, 6.07) is 1.91. The Bertz CT molecular complexity index is 485. The van der Waals surface area contributed by atoms with Gasteiger partial charge in [0.1, 0.15) is 5.52 Å². The van der Waals surface area contributed by atoms with Crippen molar-refractivity contribution >= 4 is 17.0 Å². The van der Waals surface area contributed by atoms with Crippen LogP contribution in [0.3, 0.4) is 0 Å². The van der Waals surface area contributed by atoms with Crippen molar-refractivity contribution < 1.29 is 0 Å². The molecule has 2 aromatic rings. The number of rotatable bonds is 2. The lowest BCUT2D eigenvalue weighted by Gasteiger charge is -1.98. The fraction of sp³-hybridized carbons (Fsp3) is 0.222. The number of hydrogen-bond acceptors (Lipinski definition) is 3. The molecular formula is C9H11N5. The molecular weight excluding hydrogens is 178 g/mol. The van der Waals surface area contributed by atoms with E-state index in [0.717, 1.165) is 16.7 Å². The molecule has 0 bridgehead atoms. The molecule has 14 heavy (non-hydrogen) atoms. The third kappa shape index (κ3) is 1.44. The minimum Gasteiger partial charge on any atom is -0.387 e. The third-order valence-electron chi connectivity index (χ3n) is 2.00. The van der Waals surface area contributed by atoms with Crippen molar-refractivity contribution in [1.29, 1.82) is 5.41 Å². The number of aromatic nitrogens is 3. The van der Waals surface area contributed by atoms with Gasteiger partial charge in [0.15, 0.2) is 5.65 Å². The molecule has 0 saturated carbocycles. The van der Waals surface area contributed by atoms with Gasteiger partial charge in [-0.05, 0) is 11.6 Å². The number of nitrogens with zero attached hydrogens (tertiary/aromatic N) is 3. The molecule has 0 fully saturated rings. The average molecular weight is 189 g/mol. The summed E-state index contributed by atoms with van der Waals surface area (Å²) in [5.74, 6) is 0.141. The zero-order chi connectivity index (χ0) is 10.1. The highest BCUT2D eigenvalue weighted by Gasteiger charge is 2.02. The van der Waals surface area contributed by atoms with Crippen molar-refractivity contribution in [2.45, 2.75) is 6.42 Å². The quantitative estimate of drug-likeness (QED) is 0.531. The van der Waals surface area contributed by atoms with E-state index in [4.69, 9.17) is 11.1 Å². The normalized spacial score (nSPS) is 10.6. The molecule has 0 saturated heterocycles. The van der Waals surface area contributed by atoms with E-state index in [1.165, 1.54) is 0 Å². The van der Waals surface area contributed by atoms with Gasteiger partial charge in [0.05, 0.1) is 12.2 Å². The Morgan fingerprint density at radius 2 is 2.36 bits per heavy atom. The number of nitrogens with two attached hydrogens (primary N) is 1. The SMILES string of the molecule is Cn1cnc2cc(CC(=N)N)cnc21. The smallest absolute Gasteiger partial charge is 0.159 e. The van der Waals surface area contributed by atoms with Crippen LogP contribution in [-0.4, -0.2) is 20.4 Å². The predicted molar refractivity (Wildman–Crippen MR) is 54.1 cm³/mol. The van der Waals surface area contributed by atoms with Crippen LogP contribution in [0.25, 0.3) is 11.2 Å². The summed E-state index contributed by atoms with van der Waals surface area (Å²) in [7, 11) is 1.90. The van der Waals surface area contributed by atoms with Crippen LogP contribution in [0, 0.1) is 5.41 Å². The van der Waals surface area contributed by atoms with E-state index in [9.17, 15) is 0 Å². The summed E-state index contributed by atoms with van der Waals surface area (Å²) in [5.41, 5.74) is 7.91. The van der Waals surface area contributed by atoms with Crippen LogP contribution in [0.15, 0.2) is 18.6 Å². The molecule has 0 aromatic carbocycles. The van der Waals surface area contributed by atoms with Gasteiger partial charge in [-0.3, -0.25) is 5.41 Å². The summed E-state index contributed by atoms with van der Waals surface area (Å²) in [5, 5.41) is 7.17. The standard InChI is InChI=1S/C9H11N5/c1-14-5-13-7-2-6(3-8(10)11)4-12-9(7)14/h2,4-5H,3H2,1H3,(H3,10,11). The summed E-state index contributed by atoms with van der Waals surface area (Å²) in [4.78, 5) is 8.42. The second-order valence-corrected chi connectivity index (χ2v) is 3.24. The maximum absolute atomic E-state index is 7.17. The Morgan fingerprint density at radius 1 is 1.57 bits per heavy atom. The molecule has 2 aromatic heterocycles. The highest BCUT2D eigenvalue weighted by Crippen LogP contribution is 2.10. The number of fused-ring (bicyclic) bond motifs is 1. The summed E-state index contributed by atoms with van der Waals surface area (Å²) in [6.07, 6.45) is 3.88. The Morgan fingerprint density at radius 3 is 3.07 bits per heavy atom. The molecule has 0 aliphatic heterocycles. The second kappa shape index (κ2) is 3.10. The molecule has 0 unspecified atom stereocenters. The predicted octanol–water partition coefficient (Wildman–Crippen LogP) is 0.447. The molecule has 0 aliphatic carbocycles. The van der Waals surface area contributed by atoms with Gasteiger partial charge in [-0.15, -0.1) is 0 Å². The highest BCUT2D eigenvalue weighted by atomic mass is 15.1. The number of hydrogen-bond donors (Lipinski definition) is 2. The van der Waals surface area contributed by atoms with E-state index in [2.05, 4.69) is 9.97 Å². The first-order chi connectivity index (χ1) is 6.66. The average Bonchev–Trinajstić information content (AvgIpc) is 2.46. The van der Waals surface area contributed by atoms with E-state index < -0.39 is 0 Å². The van der Waals surface area contributed by atoms with Gasteiger partial charge in [-0.1, -0.05) is 0 Å². The first kappa shape index (κ1) is 8.68. The number of pyridine rings is 1. The van der Waals surface area contributed by atoms with Gasteiger partial charge >= 0.3 is 0 Å². The zero-order valence-corrected chi connectivity index (χ0v) is 7.86. The second-order valence-electron chi connectivity index (χ2n) is 3.24. The minimum absolute atomic E-state index is 0.141. The Hall–Kier alpha value is -1.91. The van der Waals surface area contributed by atoms with Crippen molar-refractivity contribution in [3.05, 3.63) is 24.2 Å². The lowest BCUT2D eigenvalue weighted by atomic mass is 10.2. The van der Waals surface area contributed by atoms with E-state index in [0.29, 0.717) is 6.42 Å². The first-order valence-electron chi connectivity index (χ1n) is 4.25. The lowest BCUT2D eigenvalue weighted by molar-refractivity contribution is 0.930. The fourth-order valence-corrected chi connectivity index (χ4v) is 1.37. The first-order valence-corrected chi connectivity index (χ1v) is 4.25. The summed E-state index contributed by atoms with van der Waals surface area (Å²) in [6.45, 7) is 0. The van der Waals surface area contributed by atoms with Crippen molar-refractivity contribution in [3.8, 4) is 0 Å². The molecule has 2 heterocycles. The van der Waals surface area contributed by atoms with Crippen LogP contribution in [0.4, 0.5) is 0 Å². The fourth-order valence-electron chi connectivity index (χ4n) is 1.37. The number of nitrogens with one attached hydrogen (secondary N) is 1. The molecule has 5 heteroatoms. The van der Waals surface area contributed by atoms with Crippen molar-refractivity contribution in [1.82, 2.24) is 14.5 Å². The van der Waals surface area contributed by atoms with Crippen LogP contribution in [0.1, 0.15) is 5.56 Å².